The van der Waals surface area contributed by atoms with Crippen molar-refractivity contribution >= 4 is 9.84 Å². The first-order valence-corrected chi connectivity index (χ1v) is 6.56. The van der Waals surface area contributed by atoms with E-state index in [0.29, 0.717) is 17.6 Å². The highest BCUT2D eigenvalue weighted by molar-refractivity contribution is 7.90. The summed E-state index contributed by atoms with van der Waals surface area (Å²) in [4.78, 5) is 0. The van der Waals surface area contributed by atoms with E-state index in [-0.39, 0.29) is 0 Å². The van der Waals surface area contributed by atoms with E-state index in [1.807, 2.05) is 0 Å². The molecule has 0 spiro atoms. The fraction of sp³-hybridized carbons (Fsp3) is 1.00. The van der Waals surface area contributed by atoms with Crippen molar-refractivity contribution in [3.63, 3.8) is 0 Å². The average Bonchev–Trinajstić information content (AvgIpc) is 1.84. The van der Waals surface area contributed by atoms with E-state index in [1.165, 1.54) is 6.26 Å². The first-order chi connectivity index (χ1) is 5.33. The maximum atomic E-state index is 10.8. The lowest BCUT2D eigenvalue weighted by molar-refractivity contribution is 0.389. The topological polar surface area (TPSA) is 34.1 Å². The standard InChI is InChI=1S/C9H20O2S/c1-8(2)9(3)6-5-7-12(4,10)11/h8-9H,5-7H2,1-4H3. The zero-order valence-electron chi connectivity index (χ0n) is 8.50. The van der Waals surface area contributed by atoms with E-state index in [1.54, 1.807) is 0 Å². The van der Waals surface area contributed by atoms with Gasteiger partial charge < -0.3 is 0 Å². The Morgan fingerprint density at radius 3 is 2.00 bits per heavy atom. The van der Waals surface area contributed by atoms with Gasteiger partial charge in [-0.1, -0.05) is 20.8 Å². The van der Waals surface area contributed by atoms with Crippen LogP contribution in [0, 0.1) is 11.8 Å². The van der Waals surface area contributed by atoms with Crippen molar-refractivity contribution in [2.45, 2.75) is 33.6 Å². The summed E-state index contributed by atoms with van der Waals surface area (Å²) >= 11 is 0. The van der Waals surface area contributed by atoms with Gasteiger partial charge in [0.25, 0.3) is 0 Å². The Hall–Kier alpha value is -0.0500. The SMILES string of the molecule is CC(C)C(C)CCCS(C)(=O)=O. The summed E-state index contributed by atoms with van der Waals surface area (Å²) in [7, 11) is -2.75. The van der Waals surface area contributed by atoms with Crippen molar-refractivity contribution in [3.05, 3.63) is 0 Å². The summed E-state index contributed by atoms with van der Waals surface area (Å²) in [6, 6.07) is 0. The largest absolute Gasteiger partial charge is 0.229 e. The van der Waals surface area contributed by atoms with Crippen molar-refractivity contribution < 1.29 is 8.42 Å². The second kappa shape index (κ2) is 4.85. The van der Waals surface area contributed by atoms with Crippen molar-refractivity contribution in [2.75, 3.05) is 12.0 Å². The van der Waals surface area contributed by atoms with Crippen molar-refractivity contribution in [1.29, 1.82) is 0 Å². The summed E-state index contributed by atoms with van der Waals surface area (Å²) in [5.74, 6) is 1.63. The molecule has 0 aromatic carbocycles. The predicted octanol–water partition coefficient (Wildman–Crippen LogP) is 2.10. The molecular formula is C9H20O2S. The maximum absolute atomic E-state index is 10.8. The molecule has 0 aliphatic carbocycles. The van der Waals surface area contributed by atoms with Gasteiger partial charge in [0.1, 0.15) is 9.84 Å². The van der Waals surface area contributed by atoms with Gasteiger partial charge in [0.2, 0.25) is 0 Å². The summed E-state index contributed by atoms with van der Waals surface area (Å²) in [5.41, 5.74) is 0. The monoisotopic (exact) mass is 192 g/mol. The Morgan fingerprint density at radius 2 is 1.67 bits per heavy atom. The minimum Gasteiger partial charge on any atom is -0.229 e. The molecule has 0 aromatic heterocycles. The molecule has 1 atom stereocenters. The molecule has 2 nitrogen and oxygen atoms in total. The van der Waals surface area contributed by atoms with Crippen LogP contribution in [0.15, 0.2) is 0 Å². The fourth-order valence-corrected chi connectivity index (χ4v) is 1.69. The Labute approximate surface area is 76.3 Å². The Morgan fingerprint density at radius 1 is 1.17 bits per heavy atom. The highest BCUT2D eigenvalue weighted by atomic mass is 32.2. The summed E-state index contributed by atoms with van der Waals surface area (Å²) < 4.78 is 21.6. The lowest BCUT2D eigenvalue weighted by Crippen LogP contribution is -2.08. The molecule has 0 aromatic rings. The predicted molar refractivity (Wildman–Crippen MR) is 52.9 cm³/mol. The number of hydrogen-bond acceptors (Lipinski definition) is 2. The highest BCUT2D eigenvalue weighted by Gasteiger charge is 2.08. The molecule has 0 radical (unpaired) electrons. The normalized spacial score (nSPS) is 15.1. The van der Waals surface area contributed by atoms with Crippen LogP contribution >= 0.6 is 0 Å². The van der Waals surface area contributed by atoms with Crippen molar-refractivity contribution in [3.8, 4) is 0 Å². The second-order valence-electron chi connectivity index (χ2n) is 3.99. The lowest BCUT2D eigenvalue weighted by atomic mass is 9.94. The van der Waals surface area contributed by atoms with Crippen LogP contribution in [0.3, 0.4) is 0 Å². The number of rotatable bonds is 5. The molecule has 74 valence electrons. The van der Waals surface area contributed by atoms with Crippen LogP contribution in [-0.4, -0.2) is 20.4 Å². The van der Waals surface area contributed by atoms with Crippen LogP contribution < -0.4 is 0 Å². The average molecular weight is 192 g/mol. The Bertz CT molecular complexity index is 205. The molecule has 0 fully saturated rings. The number of hydrogen-bond donors (Lipinski definition) is 0. The van der Waals surface area contributed by atoms with Crippen LogP contribution in [0.25, 0.3) is 0 Å². The van der Waals surface area contributed by atoms with Gasteiger partial charge in [-0.05, 0) is 24.7 Å². The van der Waals surface area contributed by atoms with Gasteiger partial charge in [-0.25, -0.2) is 8.42 Å². The van der Waals surface area contributed by atoms with Crippen molar-refractivity contribution in [1.82, 2.24) is 0 Å². The van der Waals surface area contributed by atoms with E-state index in [9.17, 15) is 8.42 Å². The van der Waals surface area contributed by atoms with Crippen LogP contribution in [-0.2, 0) is 9.84 Å². The molecule has 0 rings (SSSR count). The van der Waals surface area contributed by atoms with Crippen LogP contribution in [0.5, 0.6) is 0 Å². The molecule has 0 aliphatic rings. The summed E-state index contributed by atoms with van der Waals surface area (Å²) in [5, 5.41) is 0. The molecule has 1 unspecified atom stereocenters. The summed E-state index contributed by atoms with van der Waals surface area (Å²) in [6.45, 7) is 6.52. The summed E-state index contributed by atoms with van der Waals surface area (Å²) in [6.07, 6.45) is 3.12. The van der Waals surface area contributed by atoms with E-state index < -0.39 is 9.84 Å². The molecule has 0 aliphatic heterocycles. The van der Waals surface area contributed by atoms with Gasteiger partial charge in [-0.2, -0.15) is 0 Å². The second-order valence-corrected chi connectivity index (χ2v) is 6.25. The van der Waals surface area contributed by atoms with Gasteiger partial charge in [0.05, 0.1) is 0 Å². The van der Waals surface area contributed by atoms with E-state index in [0.717, 1.165) is 12.8 Å². The van der Waals surface area contributed by atoms with E-state index >= 15 is 0 Å². The molecule has 3 heteroatoms. The minimum atomic E-state index is -2.75. The molecule has 0 heterocycles. The quantitative estimate of drug-likeness (QED) is 0.668. The van der Waals surface area contributed by atoms with E-state index in [4.69, 9.17) is 0 Å². The third-order valence-corrected chi connectivity index (χ3v) is 3.34. The fourth-order valence-electron chi connectivity index (χ4n) is 1.00. The van der Waals surface area contributed by atoms with Crippen LogP contribution in [0.1, 0.15) is 33.6 Å². The Balaban J connectivity index is 3.58. The molecule has 0 N–H and O–H groups in total. The minimum absolute atomic E-state index is 0.337. The molecule has 0 amide bonds. The lowest BCUT2D eigenvalue weighted by Gasteiger charge is -2.14. The molecule has 0 saturated carbocycles. The maximum Gasteiger partial charge on any atom is 0.147 e. The van der Waals surface area contributed by atoms with Crippen LogP contribution in [0.2, 0.25) is 0 Å². The van der Waals surface area contributed by atoms with Crippen LogP contribution in [0.4, 0.5) is 0 Å². The van der Waals surface area contributed by atoms with Gasteiger partial charge >= 0.3 is 0 Å². The molecular weight excluding hydrogens is 172 g/mol. The Kier molecular flexibility index (Phi) is 4.83. The number of sulfone groups is 1. The van der Waals surface area contributed by atoms with Gasteiger partial charge in [-0.15, -0.1) is 0 Å². The molecule has 0 bridgehead atoms. The van der Waals surface area contributed by atoms with E-state index in [2.05, 4.69) is 20.8 Å². The zero-order valence-corrected chi connectivity index (χ0v) is 9.32. The first-order valence-electron chi connectivity index (χ1n) is 4.50. The third-order valence-electron chi connectivity index (χ3n) is 2.31. The molecule has 0 saturated heterocycles. The van der Waals surface area contributed by atoms with Gasteiger partial charge in [-0.3, -0.25) is 0 Å². The van der Waals surface area contributed by atoms with Gasteiger partial charge in [0.15, 0.2) is 0 Å². The zero-order chi connectivity index (χ0) is 9.78. The highest BCUT2D eigenvalue weighted by Crippen LogP contribution is 2.15. The first kappa shape index (κ1) is 11.9. The van der Waals surface area contributed by atoms with Gasteiger partial charge in [0, 0.05) is 12.0 Å². The van der Waals surface area contributed by atoms with Crippen molar-refractivity contribution in [2.24, 2.45) is 11.8 Å². The third kappa shape index (κ3) is 6.65. The molecule has 12 heavy (non-hydrogen) atoms. The smallest absolute Gasteiger partial charge is 0.147 e.